The van der Waals surface area contributed by atoms with Crippen molar-refractivity contribution < 1.29 is 5.11 Å². The minimum atomic E-state index is -0.571. The number of nitrogens with zero attached hydrogens (tertiary/aromatic N) is 3. The summed E-state index contributed by atoms with van der Waals surface area (Å²) in [6.07, 6.45) is 7.11. The molecule has 2 atom stereocenters. The predicted molar refractivity (Wildman–Crippen MR) is 126 cm³/mol. The van der Waals surface area contributed by atoms with E-state index < -0.39 is 5.54 Å². The first-order valence-electron chi connectivity index (χ1n) is 10.6. The Hall–Kier alpha value is -2.73. The van der Waals surface area contributed by atoms with Gasteiger partial charge in [-0.3, -0.25) is 4.98 Å². The molecule has 0 aliphatic heterocycles. The van der Waals surface area contributed by atoms with E-state index in [0.29, 0.717) is 18.1 Å². The topological polar surface area (TPSA) is 109 Å². The van der Waals surface area contributed by atoms with Crippen molar-refractivity contribution in [3.05, 3.63) is 41.9 Å². The van der Waals surface area contributed by atoms with Gasteiger partial charge in [-0.1, -0.05) is 36.2 Å². The number of aromatic nitrogens is 3. The summed E-state index contributed by atoms with van der Waals surface area (Å²) in [6, 6.07) is 6.32. The summed E-state index contributed by atoms with van der Waals surface area (Å²) >= 11 is 1.62. The molecule has 31 heavy (non-hydrogen) atoms. The molecule has 1 unspecified atom stereocenters. The molecule has 162 valence electrons. The molecular formula is C23H28N6OS. The number of aliphatic hydroxyl groups is 1. The van der Waals surface area contributed by atoms with Crippen LogP contribution in [0.15, 0.2) is 30.6 Å². The molecule has 0 bridgehead atoms. The van der Waals surface area contributed by atoms with E-state index in [4.69, 9.17) is 5.73 Å². The van der Waals surface area contributed by atoms with Gasteiger partial charge in [-0.25, -0.2) is 9.97 Å². The summed E-state index contributed by atoms with van der Waals surface area (Å²) in [7, 11) is 0. The summed E-state index contributed by atoms with van der Waals surface area (Å²) in [5, 5.41) is 17.8. The van der Waals surface area contributed by atoms with Crippen molar-refractivity contribution in [1.82, 2.24) is 15.0 Å². The molecule has 8 heteroatoms. The minimum Gasteiger partial charge on any atom is -0.391 e. The van der Waals surface area contributed by atoms with Crippen molar-refractivity contribution in [1.29, 1.82) is 0 Å². The fourth-order valence-electron chi connectivity index (χ4n) is 3.51. The Morgan fingerprint density at radius 3 is 2.87 bits per heavy atom. The van der Waals surface area contributed by atoms with Crippen LogP contribution in [0.2, 0.25) is 0 Å². The van der Waals surface area contributed by atoms with Crippen LogP contribution in [0, 0.1) is 11.8 Å². The molecule has 7 nitrogen and oxygen atoms in total. The van der Waals surface area contributed by atoms with Gasteiger partial charge in [0.05, 0.1) is 40.3 Å². The fraction of sp³-hybridized carbons (Fsp3) is 0.435. The largest absolute Gasteiger partial charge is 0.391 e. The third-order valence-electron chi connectivity index (χ3n) is 5.11. The summed E-state index contributed by atoms with van der Waals surface area (Å²) < 4.78 is 1.11. The highest BCUT2D eigenvalue weighted by Crippen LogP contribution is 2.30. The molecule has 1 aliphatic carbocycles. The molecule has 1 fully saturated rings. The fourth-order valence-corrected chi connectivity index (χ4v) is 4.50. The van der Waals surface area contributed by atoms with Crippen LogP contribution in [-0.2, 0) is 6.54 Å². The van der Waals surface area contributed by atoms with Gasteiger partial charge in [-0.05, 0) is 50.3 Å². The maximum Gasteiger partial charge on any atom is 0.184 e. The van der Waals surface area contributed by atoms with Gasteiger partial charge in [0.1, 0.15) is 11.5 Å². The molecule has 0 spiro atoms. The SMILES string of the molecule is CC(C)(N)C#Cc1cncc(NCc2ccc3nc(NC4CCCC[C@H]4O)sc3c2)n1. The second-order valence-electron chi connectivity index (χ2n) is 8.54. The quantitative estimate of drug-likeness (QED) is 0.453. The van der Waals surface area contributed by atoms with Crippen LogP contribution in [0.1, 0.15) is 50.8 Å². The molecule has 1 aliphatic rings. The Bertz CT molecular complexity index is 1110. The molecule has 0 amide bonds. The zero-order chi connectivity index (χ0) is 21.8. The molecule has 1 aromatic carbocycles. The second kappa shape index (κ2) is 9.18. The lowest BCUT2D eigenvalue weighted by Gasteiger charge is -2.27. The van der Waals surface area contributed by atoms with Crippen LogP contribution >= 0.6 is 11.3 Å². The highest BCUT2D eigenvalue weighted by atomic mass is 32.1. The Morgan fingerprint density at radius 2 is 2.06 bits per heavy atom. The minimum absolute atomic E-state index is 0.0919. The number of aliphatic hydroxyl groups excluding tert-OH is 1. The maximum absolute atomic E-state index is 10.2. The molecule has 2 heterocycles. The van der Waals surface area contributed by atoms with Crippen molar-refractivity contribution in [2.24, 2.45) is 5.73 Å². The first-order valence-corrected chi connectivity index (χ1v) is 11.4. The van der Waals surface area contributed by atoms with Crippen molar-refractivity contribution in [2.45, 2.75) is 63.8 Å². The molecule has 4 rings (SSSR count). The number of fused-ring (bicyclic) bond motifs is 1. The van der Waals surface area contributed by atoms with E-state index in [1.165, 1.54) is 0 Å². The summed E-state index contributed by atoms with van der Waals surface area (Å²) in [5.74, 6) is 6.60. The predicted octanol–water partition coefficient (Wildman–Crippen LogP) is 3.50. The molecule has 5 N–H and O–H groups in total. The van der Waals surface area contributed by atoms with E-state index >= 15 is 0 Å². The van der Waals surface area contributed by atoms with Crippen LogP contribution in [0.5, 0.6) is 0 Å². The van der Waals surface area contributed by atoms with Gasteiger partial charge in [0.25, 0.3) is 0 Å². The maximum atomic E-state index is 10.2. The zero-order valence-electron chi connectivity index (χ0n) is 17.9. The lowest BCUT2D eigenvalue weighted by molar-refractivity contribution is 0.116. The Labute approximate surface area is 186 Å². The summed E-state index contributed by atoms with van der Waals surface area (Å²) in [5.41, 5.74) is 8.01. The Kier molecular flexibility index (Phi) is 6.37. The number of hydrogen-bond acceptors (Lipinski definition) is 8. The summed E-state index contributed by atoms with van der Waals surface area (Å²) in [6.45, 7) is 4.32. The highest BCUT2D eigenvalue weighted by Gasteiger charge is 2.23. The Balaban J connectivity index is 1.42. The molecule has 3 aromatic rings. The number of nitrogens with two attached hydrogens (primary N) is 1. The summed E-state index contributed by atoms with van der Waals surface area (Å²) in [4.78, 5) is 13.4. The number of anilines is 2. The van der Waals surface area contributed by atoms with E-state index in [1.54, 1.807) is 23.7 Å². The van der Waals surface area contributed by atoms with Gasteiger partial charge < -0.3 is 21.5 Å². The first-order chi connectivity index (χ1) is 14.9. The van der Waals surface area contributed by atoms with E-state index in [0.717, 1.165) is 46.6 Å². The molecule has 0 saturated heterocycles. The van der Waals surface area contributed by atoms with E-state index in [9.17, 15) is 5.11 Å². The molecule has 1 saturated carbocycles. The number of nitrogens with one attached hydrogen (secondary N) is 2. The van der Waals surface area contributed by atoms with Crippen LogP contribution in [0.3, 0.4) is 0 Å². The first kappa shape index (κ1) is 21.5. The molecular weight excluding hydrogens is 408 g/mol. The average Bonchev–Trinajstić information content (AvgIpc) is 3.14. The highest BCUT2D eigenvalue weighted by molar-refractivity contribution is 7.22. The van der Waals surface area contributed by atoms with Crippen LogP contribution in [0.4, 0.5) is 10.9 Å². The van der Waals surface area contributed by atoms with Gasteiger partial charge >= 0.3 is 0 Å². The average molecular weight is 437 g/mol. The molecule has 0 radical (unpaired) electrons. The van der Waals surface area contributed by atoms with Gasteiger partial charge in [-0.15, -0.1) is 0 Å². The molecule has 2 aromatic heterocycles. The van der Waals surface area contributed by atoms with E-state index in [2.05, 4.69) is 49.6 Å². The standard InChI is InChI=1S/C23H28N6OS/c1-23(2,24)10-9-16-13-25-14-21(27-16)26-12-15-7-8-18-20(11-15)31-22(29-18)28-17-5-3-4-6-19(17)30/h7-8,11,13-14,17,19,30H,3-6,12,24H2,1-2H3,(H,26,27)(H,28,29)/t17?,19-/m1/s1. The monoisotopic (exact) mass is 436 g/mol. The third kappa shape index (κ3) is 5.91. The van der Waals surface area contributed by atoms with Crippen LogP contribution in [0.25, 0.3) is 10.2 Å². The number of rotatable bonds is 5. The van der Waals surface area contributed by atoms with E-state index in [-0.39, 0.29) is 12.1 Å². The zero-order valence-corrected chi connectivity index (χ0v) is 18.7. The smallest absolute Gasteiger partial charge is 0.184 e. The van der Waals surface area contributed by atoms with Gasteiger partial charge in [-0.2, -0.15) is 0 Å². The van der Waals surface area contributed by atoms with Crippen LogP contribution < -0.4 is 16.4 Å². The second-order valence-corrected chi connectivity index (χ2v) is 9.57. The van der Waals surface area contributed by atoms with Crippen LogP contribution in [-0.4, -0.2) is 37.7 Å². The normalized spacial score (nSPS) is 19.0. The van der Waals surface area contributed by atoms with Crippen molar-refractivity contribution in [3.63, 3.8) is 0 Å². The lowest BCUT2D eigenvalue weighted by atomic mass is 9.93. The van der Waals surface area contributed by atoms with Crippen molar-refractivity contribution >= 4 is 32.5 Å². The third-order valence-corrected chi connectivity index (χ3v) is 6.06. The van der Waals surface area contributed by atoms with Crippen molar-refractivity contribution in [3.8, 4) is 11.8 Å². The number of hydrogen-bond donors (Lipinski definition) is 4. The van der Waals surface area contributed by atoms with Gasteiger partial charge in [0.15, 0.2) is 5.13 Å². The van der Waals surface area contributed by atoms with Crippen molar-refractivity contribution in [2.75, 3.05) is 10.6 Å². The van der Waals surface area contributed by atoms with Gasteiger partial charge in [0.2, 0.25) is 0 Å². The number of thiazole rings is 1. The van der Waals surface area contributed by atoms with Gasteiger partial charge in [0, 0.05) is 6.54 Å². The Morgan fingerprint density at radius 1 is 1.23 bits per heavy atom. The van der Waals surface area contributed by atoms with E-state index in [1.807, 2.05) is 19.9 Å². The lowest BCUT2D eigenvalue weighted by Crippen LogP contribution is -2.36. The number of benzene rings is 1.